The summed E-state index contributed by atoms with van der Waals surface area (Å²) < 4.78 is 5.73. The van der Waals surface area contributed by atoms with Gasteiger partial charge in [-0.15, -0.1) is 0 Å². The Bertz CT molecular complexity index is 267. The van der Waals surface area contributed by atoms with Gasteiger partial charge in [0.2, 0.25) is 5.91 Å². The molecule has 5 heteroatoms. The fourth-order valence-corrected chi connectivity index (χ4v) is 2.63. The lowest BCUT2D eigenvalue weighted by Crippen LogP contribution is -2.37. The standard InChI is InChI=1S/C13H25N3O2/c1-16-8-4-11(10-16)15-13(17)5-9-18-12-2-6-14-7-3-12/h11-12,14H,2-10H2,1H3,(H,15,17). The predicted octanol–water partition coefficient (Wildman–Crippen LogP) is -0.0346. The number of amides is 1. The quantitative estimate of drug-likeness (QED) is 0.724. The third-order valence-electron chi connectivity index (χ3n) is 3.73. The Kier molecular flexibility index (Phi) is 5.41. The van der Waals surface area contributed by atoms with Gasteiger partial charge in [-0.3, -0.25) is 4.79 Å². The summed E-state index contributed by atoms with van der Waals surface area (Å²) in [5.41, 5.74) is 0. The van der Waals surface area contributed by atoms with Crippen molar-refractivity contribution in [2.24, 2.45) is 0 Å². The molecule has 0 radical (unpaired) electrons. The van der Waals surface area contributed by atoms with E-state index in [-0.39, 0.29) is 5.91 Å². The summed E-state index contributed by atoms with van der Waals surface area (Å²) in [5.74, 6) is 0.129. The maximum Gasteiger partial charge on any atom is 0.222 e. The molecule has 2 saturated heterocycles. The van der Waals surface area contributed by atoms with Crippen LogP contribution in [0.15, 0.2) is 0 Å². The number of nitrogens with zero attached hydrogens (tertiary/aromatic N) is 1. The summed E-state index contributed by atoms with van der Waals surface area (Å²) in [6.07, 6.45) is 4.03. The number of hydrogen-bond donors (Lipinski definition) is 2. The van der Waals surface area contributed by atoms with Crippen LogP contribution in [0.1, 0.15) is 25.7 Å². The molecule has 0 aromatic rings. The van der Waals surface area contributed by atoms with Crippen molar-refractivity contribution in [3.05, 3.63) is 0 Å². The van der Waals surface area contributed by atoms with Crippen molar-refractivity contribution in [1.29, 1.82) is 0 Å². The van der Waals surface area contributed by atoms with Crippen LogP contribution in [0.4, 0.5) is 0 Å². The summed E-state index contributed by atoms with van der Waals surface area (Å²) in [7, 11) is 2.09. The van der Waals surface area contributed by atoms with Crippen LogP contribution in [0.3, 0.4) is 0 Å². The number of likely N-dealkylation sites (tertiary alicyclic amines) is 1. The van der Waals surface area contributed by atoms with Gasteiger partial charge in [-0.2, -0.15) is 0 Å². The van der Waals surface area contributed by atoms with Crippen molar-refractivity contribution in [3.8, 4) is 0 Å². The van der Waals surface area contributed by atoms with Gasteiger partial charge in [0.15, 0.2) is 0 Å². The first kappa shape index (κ1) is 13.8. The lowest BCUT2D eigenvalue weighted by atomic mass is 10.1. The largest absolute Gasteiger partial charge is 0.378 e. The molecule has 2 aliphatic heterocycles. The highest BCUT2D eigenvalue weighted by atomic mass is 16.5. The number of likely N-dealkylation sites (N-methyl/N-ethyl adjacent to an activating group) is 1. The van der Waals surface area contributed by atoms with Crippen LogP contribution >= 0.6 is 0 Å². The van der Waals surface area contributed by atoms with Crippen molar-refractivity contribution >= 4 is 5.91 Å². The zero-order valence-electron chi connectivity index (χ0n) is 11.3. The average molecular weight is 255 g/mol. The number of rotatable bonds is 5. The molecular formula is C13H25N3O2. The Labute approximate surface area is 109 Å². The molecule has 1 unspecified atom stereocenters. The fraction of sp³-hybridized carbons (Fsp3) is 0.923. The van der Waals surface area contributed by atoms with Gasteiger partial charge in [-0.05, 0) is 45.9 Å². The minimum atomic E-state index is 0.129. The molecule has 104 valence electrons. The summed E-state index contributed by atoms with van der Waals surface area (Å²) >= 11 is 0. The minimum Gasteiger partial charge on any atom is -0.378 e. The molecule has 0 spiro atoms. The third-order valence-corrected chi connectivity index (χ3v) is 3.73. The number of carbonyl (C=O) groups excluding carboxylic acids is 1. The van der Waals surface area contributed by atoms with E-state index >= 15 is 0 Å². The highest BCUT2D eigenvalue weighted by molar-refractivity contribution is 5.76. The van der Waals surface area contributed by atoms with E-state index in [9.17, 15) is 4.79 Å². The SMILES string of the molecule is CN1CCC(NC(=O)CCOC2CCNCC2)C1. The summed E-state index contributed by atoms with van der Waals surface area (Å²) in [6.45, 7) is 4.67. The zero-order valence-corrected chi connectivity index (χ0v) is 11.3. The van der Waals surface area contributed by atoms with Crippen LogP contribution in [0.25, 0.3) is 0 Å². The van der Waals surface area contributed by atoms with E-state index < -0.39 is 0 Å². The van der Waals surface area contributed by atoms with Crippen molar-refractivity contribution < 1.29 is 9.53 Å². The van der Waals surface area contributed by atoms with Crippen LogP contribution in [0.2, 0.25) is 0 Å². The molecule has 2 N–H and O–H groups in total. The second-order valence-electron chi connectivity index (χ2n) is 5.39. The molecular weight excluding hydrogens is 230 g/mol. The van der Waals surface area contributed by atoms with Gasteiger partial charge in [-0.25, -0.2) is 0 Å². The molecule has 2 fully saturated rings. The van der Waals surface area contributed by atoms with Gasteiger partial charge in [0.05, 0.1) is 12.7 Å². The summed E-state index contributed by atoms with van der Waals surface area (Å²) in [4.78, 5) is 14.0. The topological polar surface area (TPSA) is 53.6 Å². The van der Waals surface area contributed by atoms with Gasteiger partial charge in [0.25, 0.3) is 0 Å². The van der Waals surface area contributed by atoms with E-state index in [2.05, 4.69) is 22.6 Å². The van der Waals surface area contributed by atoms with Gasteiger partial charge in [-0.1, -0.05) is 0 Å². The summed E-state index contributed by atoms with van der Waals surface area (Å²) in [5, 5.41) is 6.38. The summed E-state index contributed by atoms with van der Waals surface area (Å²) in [6, 6.07) is 0.335. The van der Waals surface area contributed by atoms with Crippen LogP contribution < -0.4 is 10.6 Å². The highest BCUT2D eigenvalue weighted by Crippen LogP contribution is 2.08. The van der Waals surface area contributed by atoms with Crippen LogP contribution in [0, 0.1) is 0 Å². The Morgan fingerprint density at radius 1 is 1.39 bits per heavy atom. The van der Waals surface area contributed by atoms with E-state index in [1.54, 1.807) is 0 Å². The zero-order chi connectivity index (χ0) is 12.8. The van der Waals surface area contributed by atoms with Crippen molar-refractivity contribution in [3.63, 3.8) is 0 Å². The Balaban J connectivity index is 1.54. The second-order valence-corrected chi connectivity index (χ2v) is 5.39. The van der Waals surface area contributed by atoms with E-state index in [1.165, 1.54) is 0 Å². The lowest BCUT2D eigenvalue weighted by molar-refractivity contribution is -0.123. The lowest BCUT2D eigenvalue weighted by Gasteiger charge is -2.23. The van der Waals surface area contributed by atoms with Crippen molar-refractivity contribution in [1.82, 2.24) is 15.5 Å². The van der Waals surface area contributed by atoms with E-state index in [0.717, 1.165) is 45.4 Å². The Morgan fingerprint density at radius 3 is 2.83 bits per heavy atom. The molecule has 1 amide bonds. The highest BCUT2D eigenvalue weighted by Gasteiger charge is 2.21. The van der Waals surface area contributed by atoms with Gasteiger partial charge in [0.1, 0.15) is 0 Å². The van der Waals surface area contributed by atoms with E-state index in [4.69, 9.17) is 4.74 Å². The first-order valence-electron chi connectivity index (χ1n) is 7.04. The van der Waals surface area contributed by atoms with Crippen molar-refractivity contribution in [2.75, 3.05) is 39.8 Å². The predicted molar refractivity (Wildman–Crippen MR) is 70.5 cm³/mol. The van der Waals surface area contributed by atoms with E-state index in [0.29, 0.717) is 25.2 Å². The van der Waals surface area contributed by atoms with Gasteiger partial charge < -0.3 is 20.3 Å². The maximum atomic E-state index is 11.7. The molecule has 18 heavy (non-hydrogen) atoms. The van der Waals surface area contributed by atoms with Crippen LogP contribution in [-0.4, -0.2) is 62.8 Å². The smallest absolute Gasteiger partial charge is 0.222 e. The molecule has 0 saturated carbocycles. The molecule has 1 atom stereocenters. The molecule has 0 aliphatic carbocycles. The second kappa shape index (κ2) is 7.07. The van der Waals surface area contributed by atoms with Crippen LogP contribution in [-0.2, 0) is 9.53 Å². The molecule has 2 rings (SSSR count). The first-order valence-corrected chi connectivity index (χ1v) is 7.04. The normalized spacial score (nSPS) is 26.4. The molecule has 0 aromatic carbocycles. The van der Waals surface area contributed by atoms with Crippen LogP contribution in [0.5, 0.6) is 0 Å². The first-order chi connectivity index (χ1) is 8.74. The number of hydrogen-bond acceptors (Lipinski definition) is 4. The number of nitrogens with one attached hydrogen (secondary N) is 2. The Morgan fingerprint density at radius 2 is 2.17 bits per heavy atom. The molecule has 0 bridgehead atoms. The molecule has 5 nitrogen and oxygen atoms in total. The monoisotopic (exact) mass is 255 g/mol. The van der Waals surface area contributed by atoms with Gasteiger partial charge in [0, 0.05) is 19.0 Å². The number of ether oxygens (including phenoxy) is 1. The minimum absolute atomic E-state index is 0.129. The number of piperidine rings is 1. The average Bonchev–Trinajstić information content (AvgIpc) is 2.76. The molecule has 2 heterocycles. The number of carbonyl (C=O) groups is 1. The fourth-order valence-electron chi connectivity index (χ4n) is 2.63. The van der Waals surface area contributed by atoms with Crippen molar-refractivity contribution in [2.45, 2.75) is 37.8 Å². The third kappa shape index (κ3) is 4.55. The van der Waals surface area contributed by atoms with Gasteiger partial charge >= 0.3 is 0 Å². The molecule has 2 aliphatic rings. The van der Waals surface area contributed by atoms with E-state index in [1.807, 2.05) is 0 Å². The Hall–Kier alpha value is -0.650. The molecule has 0 aromatic heterocycles. The maximum absolute atomic E-state index is 11.7.